The Morgan fingerprint density at radius 2 is 1.81 bits per heavy atom. The maximum Gasteiger partial charge on any atom is 0.411 e. The van der Waals surface area contributed by atoms with Crippen molar-refractivity contribution in [3.8, 4) is 17.2 Å². The highest BCUT2D eigenvalue weighted by atomic mass is 16.6. The van der Waals surface area contributed by atoms with Gasteiger partial charge in [-0.25, -0.2) is 9.59 Å². The number of carboxylic acid groups (broad SMARTS) is 1. The third kappa shape index (κ3) is 4.50. The predicted molar refractivity (Wildman–Crippen MR) is 92.9 cm³/mol. The monoisotopic (exact) mass is 367 g/mol. The highest BCUT2D eigenvalue weighted by Gasteiger charge is 2.43. The number of rotatable bonds is 5. The lowest BCUT2D eigenvalue weighted by atomic mass is 10.2. The van der Waals surface area contributed by atoms with Crippen LogP contribution in [0.5, 0.6) is 17.2 Å². The first-order chi connectivity index (χ1) is 12.2. The first-order valence-corrected chi connectivity index (χ1v) is 8.26. The van der Waals surface area contributed by atoms with E-state index in [1.54, 1.807) is 39.0 Å². The molecule has 0 aromatic heterocycles. The fraction of sp³-hybridized carbons (Fsp3) is 0.556. The molecule has 0 bridgehead atoms. The van der Waals surface area contributed by atoms with Crippen LogP contribution in [0.3, 0.4) is 0 Å². The molecule has 2 atom stereocenters. The molecule has 0 aliphatic carbocycles. The van der Waals surface area contributed by atoms with E-state index in [1.807, 2.05) is 0 Å². The minimum atomic E-state index is -1.10. The van der Waals surface area contributed by atoms with E-state index < -0.39 is 29.8 Å². The Labute approximate surface area is 152 Å². The molecule has 1 fully saturated rings. The number of carboxylic acids is 1. The summed E-state index contributed by atoms with van der Waals surface area (Å²) in [4.78, 5) is 25.1. The first-order valence-electron chi connectivity index (χ1n) is 8.26. The van der Waals surface area contributed by atoms with Crippen LogP contribution in [0.2, 0.25) is 0 Å². The van der Waals surface area contributed by atoms with Gasteiger partial charge in [-0.15, -0.1) is 0 Å². The molecule has 0 saturated carbocycles. The molecule has 144 valence electrons. The van der Waals surface area contributed by atoms with E-state index >= 15 is 0 Å². The van der Waals surface area contributed by atoms with Gasteiger partial charge in [-0.3, -0.25) is 4.90 Å². The van der Waals surface area contributed by atoms with Gasteiger partial charge in [0.05, 0.1) is 20.8 Å². The van der Waals surface area contributed by atoms with Crippen molar-refractivity contribution in [1.29, 1.82) is 0 Å². The van der Waals surface area contributed by atoms with Gasteiger partial charge in [0, 0.05) is 6.42 Å². The van der Waals surface area contributed by atoms with Crippen molar-refractivity contribution < 1.29 is 33.6 Å². The van der Waals surface area contributed by atoms with Crippen LogP contribution in [0, 0.1) is 0 Å². The maximum atomic E-state index is 12.3. The highest BCUT2D eigenvalue weighted by Crippen LogP contribution is 2.38. The summed E-state index contributed by atoms with van der Waals surface area (Å²) < 4.78 is 21.8. The number of benzene rings is 1. The summed E-state index contributed by atoms with van der Waals surface area (Å²) in [7, 11) is 3.01. The zero-order chi connectivity index (χ0) is 19.5. The SMILES string of the molecule is COc1cccc(OC2CC(C(=O)O)N(C(=O)OC(C)(C)C)C2)c1OC. The molecule has 0 radical (unpaired) electrons. The number of hydrogen-bond donors (Lipinski definition) is 1. The van der Waals surface area contributed by atoms with Crippen LogP contribution in [0.15, 0.2) is 18.2 Å². The van der Waals surface area contributed by atoms with Crippen LogP contribution in [0.25, 0.3) is 0 Å². The largest absolute Gasteiger partial charge is 0.493 e. The van der Waals surface area contributed by atoms with Crippen LogP contribution in [-0.4, -0.2) is 60.6 Å². The number of ether oxygens (including phenoxy) is 4. The molecule has 1 aliphatic rings. The van der Waals surface area contributed by atoms with E-state index in [9.17, 15) is 14.7 Å². The normalized spacial score (nSPS) is 19.8. The van der Waals surface area contributed by atoms with Gasteiger partial charge in [-0.1, -0.05) is 6.07 Å². The molecule has 1 aromatic rings. The lowest BCUT2D eigenvalue weighted by molar-refractivity contribution is -0.142. The van der Waals surface area contributed by atoms with Crippen molar-refractivity contribution in [3.05, 3.63) is 18.2 Å². The Morgan fingerprint density at radius 3 is 2.35 bits per heavy atom. The highest BCUT2D eigenvalue weighted by molar-refractivity contribution is 5.81. The minimum Gasteiger partial charge on any atom is -0.493 e. The number of methoxy groups -OCH3 is 2. The number of likely N-dealkylation sites (tertiary alicyclic amines) is 1. The van der Waals surface area contributed by atoms with Crippen LogP contribution >= 0.6 is 0 Å². The average Bonchev–Trinajstić information content (AvgIpc) is 2.97. The Morgan fingerprint density at radius 1 is 1.15 bits per heavy atom. The van der Waals surface area contributed by atoms with Gasteiger partial charge in [0.15, 0.2) is 11.5 Å². The van der Waals surface area contributed by atoms with Crippen LogP contribution in [0.1, 0.15) is 27.2 Å². The van der Waals surface area contributed by atoms with Gasteiger partial charge in [0.1, 0.15) is 17.7 Å². The molecule has 2 rings (SSSR count). The van der Waals surface area contributed by atoms with Crippen LogP contribution in [0.4, 0.5) is 4.79 Å². The zero-order valence-corrected chi connectivity index (χ0v) is 15.6. The minimum absolute atomic E-state index is 0.103. The number of carbonyl (C=O) groups is 2. The number of carbonyl (C=O) groups excluding carboxylic acids is 1. The van der Waals surface area contributed by atoms with Crippen molar-refractivity contribution in [3.63, 3.8) is 0 Å². The summed E-state index contributed by atoms with van der Waals surface area (Å²) in [6, 6.07) is 4.17. The van der Waals surface area contributed by atoms with Gasteiger partial charge in [0.2, 0.25) is 5.75 Å². The molecule has 1 heterocycles. The van der Waals surface area contributed by atoms with Crippen LogP contribution < -0.4 is 14.2 Å². The smallest absolute Gasteiger partial charge is 0.411 e. The predicted octanol–water partition coefficient (Wildman–Crippen LogP) is 2.55. The molecule has 1 N–H and O–H groups in total. The second-order valence-corrected chi connectivity index (χ2v) is 6.95. The summed E-state index contributed by atoms with van der Waals surface area (Å²) in [6.07, 6.45) is -1.03. The number of nitrogens with zero attached hydrogens (tertiary/aromatic N) is 1. The third-order valence-electron chi connectivity index (χ3n) is 3.84. The standard InChI is InChI=1S/C18H25NO7/c1-18(2,3)26-17(22)19-10-11(9-12(19)16(20)21)25-14-8-6-7-13(23-4)15(14)24-5/h6-8,11-12H,9-10H2,1-5H3,(H,20,21). The van der Waals surface area contributed by atoms with Gasteiger partial charge in [-0.2, -0.15) is 0 Å². The molecular weight excluding hydrogens is 342 g/mol. The van der Waals surface area contributed by atoms with Gasteiger partial charge in [-0.05, 0) is 32.9 Å². The number of hydrogen-bond acceptors (Lipinski definition) is 6. The van der Waals surface area contributed by atoms with Crippen molar-refractivity contribution in [2.24, 2.45) is 0 Å². The molecular formula is C18H25NO7. The van der Waals surface area contributed by atoms with E-state index in [2.05, 4.69) is 0 Å². The molecule has 26 heavy (non-hydrogen) atoms. The molecule has 8 nitrogen and oxygen atoms in total. The quantitative estimate of drug-likeness (QED) is 0.854. The summed E-state index contributed by atoms with van der Waals surface area (Å²) in [5.74, 6) is 0.242. The van der Waals surface area contributed by atoms with E-state index in [1.165, 1.54) is 19.1 Å². The Hall–Kier alpha value is -2.64. The fourth-order valence-corrected chi connectivity index (χ4v) is 2.77. The molecule has 8 heteroatoms. The zero-order valence-electron chi connectivity index (χ0n) is 15.6. The number of aliphatic carboxylic acids is 1. The van der Waals surface area contributed by atoms with Gasteiger partial charge < -0.3 is 24.1 Å². The fourth-order valence-electron chi connectivity index (χ4n) is 2.77. The Bertz CT molecular complexity index is 668. The van der Waals surface area contributed by atoms with Crippen LogP contribution in [-0.2, 0) is 9.53 Å². The lowest BCUT2D eigenvalue weighted by Crippen LogP contribution is -2.43. The van der Waals surface area contributed by atoms with Crippen molar-refractivity contribution in [2.45, 2.75) is 44.9 Å². The summed E-state index contributed by atoms with van der Waals surface area (Å²) >= 11 is 0. The van der Waals surface area contributed by atoms with Crippen molar-refractivity contribution in [2.75, 3.05) is 20.8 Å². The summed E-state index contributed by atoms with van der Waals surface area (Å²) in [6.45, 7) is 5.29. The Kier molecular flexibility index (Phi) is 5.84. The molecule has 0 spiro atoms. The molecule has 1 aliphatic heterocycles. The van der Waals surface area contributed by atoms with Gasteiger partial charge >= 0.3 is 12.1 Å². The van der Waals surface area contributed by atoms with E-state index in [-0.39, 0.29) is 13.0 Å². The topological polar surface area (TPSA) is 94.5 Å². The van der Waals surface area contributed by atoms with Gasteiger partial charge in [0.25, 0.3) is 0 Å². The molecule has 1 aromatic carbocycles. The number of para-hydroxylation sites is 1. The second kappa shape index (κ2) is 7.72. The van der Waals surface area contributed by atoms with E-state index in [0.29, 0.717) is 17.2 Å². The second-order valence-electron chi connectivity index (χ2n) is 6.95. The molecule has 2 unspecified atom stereocenters. The average molecular weight is 367 g/mol. The molecule has 1 saturated heterocycles. The summed E-state index contributed by atoms with van der Waals surface area (Å²) in [5.41, 5.74) is -0.713. The van der Waals surface area contributed by atoms with Crippen molar-refractivity contribution >= 4 is 12.1 Å². The van der Waals surface area contributed by atoms with E-state index in [0.717, 1.165) is 0 Å². The third-order valence-corrected chi connectivity index (χ3v) is 3.84. The summed E-state index contributed by atoms with van der Waals surface area (Å²) in [5, 5.41) is 9.45. The van der Waals surface area contributed by atoms with E-state index in [4.69, 9.17) is 18.9 Å². The number of amides is 1. The molecule has 1 amide bonds. The Balaban J connectivity index is 2.18. The lowest BCUT2D eigenvalue weighted by Gasteiger charge is -2.26. The van der Waals surface area contributed by atoms with Crippen molar-refractivity contribution in [1.82, 2.24) is 4.90 Å². The maximum absolute atomic E-state index is 12.3. The first kappa shape index (κ1) is 19.7.